The Labute approximate surface area is 111 Å². The van der Waals surface area contributed by atoms with E-state index in [4.69, 9.17) is 0 Å². The molecule has 6 heteroatoms. The lowest BCUT2D eigenvalue weighted by atomic mass is 10.1. The molecule has 6 nitrogen and oxygen atoms in total. The van der Waals surface area contributed by atoms with Crippen molar-refractivity contribution >= 4 is 17.5 Å². The van der Waals surface area contributed by atoms with Crippen LogP contribution in [0.1, 0.15) is 38.1 Å². The molecule has 1 aromatic heterocycles. The number of rotatable bonds is 2. The highest BCUT2D eigenvalue weighted by atomic mass is 16.2. The van der Waals surface area contributed by atoms with E-state index < -0.39 is 0 Å². The fourth-order valence-electron chi connectivity index (χ4n) is 2.76. The average Bonchev–Trinajstić information content (AvgIpc) is 2.89. The maximum Gasteiger partial charge on any atom is 0.233 e. The van der Waals surface area contributed by atoms with Crippen molar-refractivity contribution in [3.63, 3.8) is 0 Å². The quantitative estimate of drug-likeness (QED) is 0.802. The van der Waals surface area contributed by atoms with Crippen LogP contribution in [0, 0.1) is 0 Å². The lowest BCUT2D eigenvalue weighted by Crippen LogP contribution is -2.40. The zero-order valence-electron chi connectivity index (χ0n) is 10.8. The molecule has 1 aromatic rings. The topological polar surface area (TPSA) is 67.2 Å². The zero-order valence-corrected chi connectivity index (χ0v) is 10.8. The van der Waals surface area contributed by atoms with Crippen LogP contribution in [0.2, 0.25) is 0 Å². The predicted molar refractivity (Wildman–Crippen MR) is 69.7 cm³/mol. The molecule has 2 aliphatic rings. The van der Waals surface area contributed by atoms with Crippen LogP contribution < -0.4 is 10.2 Å². The van der Waals surface area contributed by atoms with Gasteiger partial charge in [-0.3, -0.25) is 14.3 Å². The first kappa shape index (κ1) is 12.3. The largest absolute Gasteiger partial charge is 0.317 e. The molecule has 2 saturated heterocycles. The fraction of sp³-hybridized carbons (Fsp3) is 0.615. The van der Waals surface area contributed by atoms with Crippen LogP contribution in [0.3, 0.4) is 0 Å². The summed E-state index contributed by atoms with van der Waals surface area (Å²) in [5.74, 6) is -0.220. The molecule has 0 radical (unpaired) electrons. The Morgan fingerprint density at radius 2 is 1.84 bits per heavy atom. The molecule has 0 atom stereocenters. The van der Waals surface area contributed by atoms with E-state index in [1.54, 1.807) is 6.20 Å². The summed E-state index contributed by atoms with van der Waals surface area (Å²) in [7, 11) is 0. The van der Waals surface area contributed by atoms with Crippen LogP contribution in [0.25, 0.3) is 0 Å². The van der Waals surface area contributed by atoms with E-state index >= 15 is 0 Å². The number of hydrogen-bond donors (Lipinski definition) is 1. The average molecular weight is 262 g/mol. The monoisotopic (exact) mass is 262 g/mol. The van der Waals surface area contributed by atoms with Crippen LogP contribution in [0.4, 0.5) is 5.69 Å². The lowest BCUT2D eigenvalue weighted by molar-refractivity contribution is -0.129. The minimum Gasteiger partial charge on any atom is -0.317 e. The van der Waals surface area contributed by atoms with Gasteiger partial charge in [-0.2, -0.15) is 5.10 Å². The van der Waals surface area contributed by atoms with Crippen molar-refractivity contribution in [1.82, 2.24) is 15.1 Å². The summed E-state index contributed by atoms with van der Waals surface area (Å²) in [5.41, 5.74) is 0.619. The highest BCUT2D eigenvalue weighted by molar-refractivity contribution is 6.16. The van der Waals surface area contributed by atoms with Crippen molar-refractivity contribution in [1.29, 1.82) is 0 Å². The van der Waals surface area contributed by atoms with Gasteiger partial charge in [0.1, 0.15) is 0 Å². The number of hydrogen-bond acceptors (Lipinski definition) is 4. The third-order valence-corrected chi connectivity index (χ3v) is 3.81. The van der Waals surface area contributed by atoms with Gasteiger partial charge in [-0.05, 0) is 32.4 Å². The Hall–Kier alpha value is -1.69. The first-order valence-corrected chi connectivity index (χ1v) is 6.86. The third kappa shape index (κ3) is 2.40. The van der Waals surface area contributed by atoms with E-state index in [1.807, 2.05) is 10.9 Å². The smallest absolute Gasteiger partial charge is 0.233 e. The summed E-state index contributed by atoms with van der Waals surface area (Å²) in [6, 6.07) is 0.366. The van der Waals surface area contributed by atoms with Gasteiger partial charge in [0.05, 0.1) is 17.9 Å². The number of aromatic nitrogens is 2. The molecule has 2 fully saturated rings. The van der Waals surface area contributed by atoms with Crippen LogP contribution in [0.15, 0.2) is 12.4 Å². The summed E-state index contributed by atoms with van der Waals surface area (Å²) >= 11 is 0. The molecule has 0 spiro atoms. The standard InChI is InChI=1S/C13H18N4O2/c18-12-2-1-3-13(19)17(12)11-8-15-16(9-11)10-4-6-14-7-5-10/h8-10,14H,1-7H2. The van der Waals surface area contributed by atoms with Crippen LogP contribution in [0.5, 0.6) is 0 Å². The third-order valence-electron chi connectivity index (χ3n) is 3.81. The van der Waals surface area contributed by atoms with Crippen LogP contribution >= 0.6 is 0 Å². The maximum atomic E-state index is 11.8. The Balaban J connectivity index is 1.79. The minimum absolute atomic E-state index is 0.110. The summed E-state index contributed by atoms with van der Waals surface area (Å²) in [6.07, 6.45) is 7.08. The molecule has 102 valence electrons. The second-order valence-corrected chi connectivity index (χ2v) is 5.14. The van der Waals surface area contributed by atoms with Crippen molar-refractivity contribution in [2.24, 2.45) is 0 Å². The molecule has 0 aromatic carbocycles. The molecule has 0 saturated carbocycles. The molecular formula is C13H18N4O2. The SMILES string of the molecule is O=C1CCCC(=O)N1c1cnn(C2CCNCC2)c1. The Morgan fingerprint density at radius 1 is 1.16 bits per heavy atom. The molecule has 3 heterocycles. The van der Waals surface area contributed by atoms with Gasteiger partial charge >= 0.3 is 0 Å². The number of imide groups is 1. The first-order chi connectivity index (χ1) is 9.25. The van der Waals surface area contributed by atoms with E-state index in [1.165, 1.54) is 4.90 Å². The van der Waals surface area contributed by atoms with Crippen LogP contribution in [-0.2, 0) is 9.59 Å². The predicted octanol–water partition coefficient (Wildman–Crippen LogP) is 0.851. The van der Waals surface area contributed by atoms with Gasteiger partial charge in [0.15, 0.2) is 0 Å². The lowest BCUT2D eigenvalue weighted by Gasteiger charge is -2.24. The number of anilines is 1. The number of piperidine rings is 2. The molecule has 2 amide bonds. The molecule has 0 unspecified atom stereocenters. The van der Waals surface area contributed by atoms with Crippen molar-refractivity contribution in [2.45, 2.75) is 38.1 Å². The molecule has 0 bridgehead atoms. The normalized spacial score (nSPS) is 22.0. The van der Waals surface area contributed by atoms with Gasteiger partial charge in [0, 0.05) is 19.0 Å². The van der Waals surface area contributed by atoms with E-state index in [0.717, 1.165) is 25.9 Å². The molecular weight excluding hydrogens is 244 g/mol. The van der Waals surface area contributed by atoms with Gasteiger partial charge in [-0.15, -0.1) is 0 Å². The molecule has 1 N–H and O–H groups in total. The molecule has 2 aliphatic heterocycles. The van der Waals surface area contributed by atoms with Gasteiger partial charge in [0.2, 0.25) is 11.8 Å². The highest BCUT2D eigenvalue weighted by Crippen LogP contribution is 2.24. The Bertz CT molecular complexity index is 475. The summed E-state index contributed by atoms with van der Waals surface area (Å²) in [6.45, 7) is 1.98. The summed E-state index contributed by atoms with van der Waals surface area (Å²) in [4.78, 5) is 25.0. The van der Waals surface area contributed by atoms with E-state index in [0.29, 0.717) is 31.0 Å². The second kappa shape index (κ2) is 5.13. The molecule has 0 aliphatic carbocycles. The van der Waals surface area contributed by atoms with Crippen molar-refractivity contribution in [2.75, 3.05) is 18.0 Å². The number of nitrogens with zero attached hydrogens (tertiary/aromatic N) is 3. The van der Waals surface area contributed by atoms with Gasteiger partial charge < -0.3 is 5.32 Å². The Kier molecular flexibility index (Phi) is 3.33. The zero-order chi connectivity index (χ0) is 13.2. The van der Waals surface area contributed by atoms with E-state index in [-0.39, 0.29) is 11.8 Å². The van der Waals surface area contributed by atoms with Gasteiger partial charge in [0.25, 0.3) is 0 Å². The van der Waals surface area contributed by atoms with Gasteiger partial charge in [-0.1, -0.05) is 0 Å². The molecule has 3 rings (SSSR count). The second-order valence-electron chi connectivity index (χ2n) is 5.14. The van der Waals surface area contributed by atoms with Crippen molar-refractivity contribution in [3.05, 3.63) is 12.4 Å². The van der Waals surface area contributed by atoms with Crippen LogP contribution in [-0.4, -0.2) is 34.7 Å². The number of nitrogens with one attached hydrogen (secondary N) is 1. The number of carbonyl (C=O) groups excluding carboxylic acids is 2. The van der Waals surface area contributed by atoms with Gasteiger partial charge in [-0.25, -0.2) is 4.90 Å². The fourth-order valence-corrected chi connectivity index (χ4v) is 2.76. The number of carbonyl (C=O) groups is 2. The first-order valence-electron chi connectivity index (χ1n) is 6.86. The summed E-state index contributed by atoms with van der Waals surface area (Å²) in [5, 5.41) is 7.64. The number of amides is 2. The van der Waals surface area contributed by atoms with Crippen molar-refractivity contribution < 1.29 is 9.59 Å². The molecule has 19 heavy (non-hydrogen) atoms. The van der Waals surface area contributed by atoms with E-state index in [2.05, 4.69) is 10.4 Å². The Morgan fingerprint density at radius 3 is 2.53 bits per heavy atom. The summed E-state index contributed by atoms with van der Waals surface area (Å²) < 4.78 is 1.89. The highest BCUT2D eigenvalue weighted by Gasteiger charge is 2.29. The maximum absolute atomic E-state index is 11.8. The van der Waals surface area contributed by atoms with Crippen molar-refractivity contribution in [3.8, 4) is 0 Å². The minimum atomic E-state index is -0.110. The van der Waals surface area contributed by atoms with E-state index in [9.17, 15) is 9.59 Å².